The van der Waals surface area contributed by atoms with Crippen LogP contribution < -0.4 is 0 Å². The van der Waals surface area contributed by atoms with Gasteiger partial charge in [-0.2, -0.15) is 0 Å². The molecular formula is C28H36O5. The van der Waals surface area contributed by atoms with Crippen molar-refractivity contribution >= 4 is 5.97 Å². The van der Waals surface area contributed by atoms with Gasteiger partial charge >= 0.3 is 5.97 Å². The van der Waals surface area contributed by atoms with Gasteiger partial charge in [-0.1, -0.05) is 62.4 Å². The van der Waals surface area contributed by atoms with Crippen LogP contribution in [-0.2, 0) is 24.8 Å². The van der Waals surface area contributed by atoms with Crippen molar-refractivity contribution in [2.75, 3.05) is 13.2 Å². The highest BCUT2D eigenvalue weighted by Crippen LogP contribution is 2.64. The molecule has 2 aliphatic heterocycles. The first-order chi connectivity index (χ1) is 15.7. The molecule has 0 aromatic heterocycles. The van der Waals surface area contributed by atoms with Crippen LogP contribution in [0, 0.1) is 22.7 Å². The Morgan fingerprint density at radius 2 is 1.91 bits per heavy atom. The van der Waals surface area contributed by atoms with Crippen LogP contribution in [0.2, 0.25) is 0 Å². The Labute approximate surface area is 196 Å². The molecule has 4 fully saturated rings. The predicted molar refractivity (Wildman–Crippen MR) is 125 cm³/mol. The first-order valence-corrected chi connectivity index (χ1v) is 12.3. The molecule has 0 bridgehead atoms. The second kappa shape index (κ2) is 8.07. The van der Waals surface area contributed by atoms with Crippen LogP contribution in [0.3, 0.4) is 0 Å². The van der Waals surface area contributed by atoms with E-state index >= 15 is 0 Å². The zero-order valence-corrected chi connectivity index (χ0v) is 20.0. The molecule has 2 heterocycles. The van der Waals surface area contributed by atoms with E-state index in [1.807, 2.05) is 31.2 Å². The van der Waals surface area contributed by atoms with Crippen molar-refractivity contribution in [3.63, 3.8) is 0 Å². The zero-order valence-electron chi connectivity index (χ0n) is 20.0. The van der Waals surface area contributed by atoms with Crippen LogP contribution in [-0.4, -0.2) is 36.5 Å². The number of allylic oxidation sites excluding steroid dienone is 2. The molecule has 0 radical (unpaired) electrons. The summed E-state index contributed by atoms with van der Waals surface area (Å²) in [4.78, 5) is 12.0. The molecule has 33 heavy (non-hydrogen) atoms. The van der Waals surface area contributed by atoms with Crippen LogP contribution in [0.5, 0.6) is 0 Å². The van der Waals surface area contributed by atoms with Crippen LogP contribution in [0.15, 0.2) is 54.1 Å². The van der Waals surface area contributed by atoms with Crippen LogP contribution in [0.1, 0.15) is 58.4 Å². The third kappa shape index (κ3) is 3.60. The van der Waals surface area contributed by atoms with Gasteiger partial charge in [0.15, 0.2) is 5.79 Å². The van der Waals surface area contributed by atoms with Crippen molar-refractivity contribution in [3.05, 3.63) is 59.7 Å². The van der Waals surface area contributed by atoms with Crippen molar-refractivity contribution < 1.29 is 24.1 Å². The minimum Gasteiger partial charge on any atom is -0.459 e. The molecule has 2 aliphatic carbocycles. The molecule has 0 amide bonds. The summed E-state index contributed by atoms with van der Waals surface area (Å²) in [6.45, 7) is 11.9. The fourth-order valence-electron chi connectivity index (χ4n) is 7.21. The summed E-state index contributed by atoms with van der Waals surface area (Å²) in [5.41, 5.74) is 2.66. The van der Waals surface area contributed by atoms with Gasteiger partial charge in [0.25, 0.3) is 0 Å². The summed E-state index contributed by atoms with van der Waals surface area (Å²) in [5, 5.41) is 10.1. The quantitative estimate of drug-likeness (QED) is 0.402. The van der Waals surface area contributed by atoms with Gasteiger partial charge in [-0.15, -0.1) is 0 Å². The molecule has 2 saturated carbocycles. The smallest absolute Gasteiger partial charge is 0.336 e. The number of carbonyl (C=O) groups excluding carboxylic acids is 1. The molecule has 1 aromatic rings. The maximum Gasteiger partial charge on any atom is 0.336 e. The molecule has 178 valence electrons. The van der Waals surface area contributed by atoms with E-state index in [1.165, 1.54) is 5.57 Å². The van der Waals surface area contributed by atoms with Crippen LogP contribution in [0.25, 0.3) is 0 Å². The summed E-state index contributed by atoms with van der Waals surface area (Å²) in [5.74, 6) is -0.432. The van der Waals surface area contributed by atoms with Crippen molar-refractivity contribution in [1.29, 1.82) is 0 Å². The van der Waals surface area contributed by atoms with E-state index in [0.29, 0.717) is 24.5 Å². The normalized spacial score (nSPS) is 44.3. The number of cyclic esters (lactones) is 1. The SMILES string of the molecule is C=C1CCC2[C@]3(C)COC(C)(c4ccccc4)O[C@@H]3CC[C@@]2(C)[C@@H]1C/C=C1\C(=O)OCC1O. The van der Waals surface area contributed by atoms with Gasteiger partial charge in [0.2, 0.25) is 0 Å². The Morgan fingerprint density at radius 3 is 2.61 bits per heavy atom. The highest BCUT2D eigenvalue weighted by atomic mass is 16.7. The minimum absolute atomic E-state index is 0.0400. The molecule has 4 aliphatic rings. The lowest BCUT2D eigenvalue weighted by Gasteiger charge is -2.63. The van der Waals surface area contributed by atoms with Gasteiger partial charge in [-0.05, 0) is 56.3 Å². The fourth-order valence-corrected chi connectivity index (χ4v) is 7.21. The average Bonchev–Trinajstić information content (AvgIpc) is 3.12. The third-order valence-corrected chi connectivity index (χ3v) is 9.18. The Morgan fingerprint density at radius 1 is 1.15 bits per heavy atom. The minimum atomic E-state index is -0.818. The predicted octanol–water partition coefficient (Wildman–Crippen LogP) is 4.90. The molecule has 7 atom stereocenters. The standard InChI is InChI=1S/C28H36O5/c1-18-10-13-23-26(2,21(18)12-11-20-22(29)16-31-25(20)30)15-14-24-27(23,3)17-32-28(4,33-24)19-8-6-5-7-9-19/h5-9,11,21-24,29H,1,10,12-17H2,2-4H3/b20-11-/t21-,22?,23?,24-,26+,27+,28?/m1/s1. The number of ether oxygens (including phenoxy) is 3. The molecular weight excluding hydrogens is 416 g/mol. The Balaban J connectivity index is 1.40. The summed E-state index contributed by atoms with van der Waals surface area (Å²) >= 11 is 0. The van der Waals surface area contributed by atoms with E-state index in [9.17, 15) is 9.90 Å². The van der Waals surface area contributed by atoms with Crippen molar-refractivity contribution in [1.82, 2.24) is 0 Å². The highest BCUT2D eigenvalue weighted by Gasteiger charge is 2.61. The maximum absolute atomic E-state index is 12.0. The number of hydrogen-bond acceptors (Lipinski definition) is 5. The van der Waals surface area contributed by atoms with Gasteiger partial charge in [-0.25, -0.2) is 4.79 Å². The zero-order chi connectivity index (χ0) is 23.4. The Kier molecular flexibility index (Phi) is 5.58. The van der Waals surface area contributed by atoms with Gasteiger partial charge in [-0.3, -0.25) is 0 Å². The maximum atomic E-state index is 12.0. The van der Waals surface area contributed by atoms with Crippen molar-refractivity contribution in [2.24, 2.45) is 22.7 Å². The van der Waals surface area contributed by atoms with Crippen molar-refractivity contribution in [3.8, 4) is 0 Å². The summed E-state index contributed by atoms with van der Waals surface area (Å²) in [6, 6.07) is 10.2. The number of esters is 1. The van der Waals surface area contributed by atoms with E-state index in [-0.39, 0.29) is 29.5 Å². The van der Waals surface area contributed by atoms with E-state index < -0.39 is 17.9 Å². The second-order valence-corrected chi connectivity index (χ2v) is 11.1. The van der Waals surface area contributed by atoms with E-state index in [2.05, 4.69) is 32.6 Å². The van der Waals surface area contributed by atoms with Gasteiger partial charge in [0.05, 0.1) is 18.3 Å². The van der Waals surface area contributed by atoms with Gasteiger partial charge in [0, 0.05) is 11.0 Å². The highest BCUT2D eigenvalue weighted by molar-refractivity contribution is 5.91. The number of benzene rings is 1. The number of fused-ring (bicyclic) bond motifs is 3. The molecule has 3 unspecified atom stereocenters. The molecule has 5 heteroatoms. The van der Waals surface area contributed by atoms with Gasteiger partial charge < -0.3 is 19.3 Å². The van der Waals surface area contributed by atoms with Crippen LogP contribution >= 0.6 is 0 Å². The second-order valence-electron chi connectivity index (χ2n) is 11.1. The monoisotopic (exact) mass is 452 g/mol. The lowest BCUT2D eigenvalue weighted by Crippen LogP contribution is -2.62. The van der Waals surface area contributed by atoms with Crippen LogP contribution in [0.4, 0.5) is 0 Å². The van der Waals surface area contributed by atoms with Crippen molar-refractivity contribution in [2.45, 2.75) is 70.9 Å². The number of aliphatic hydroxyl groups excluding tert-OH is 1. The fraction of sp³-hybridized carbons (Fsp3) is 0.607. The number of rotatable bonds is 3. The van der Waals surface area contributed by atoms with E-state index in [1.54, 1.807) is 0 Å². The summed E-state index contributed by atoms with van der Waals surface area (Å²) in [7, 11) is 0. The first-order valence-electron chi connectivity index (χ1n) is 12.3. The number of aliphatic hydroxyl groups is 1. The Hall–Kier alpha value is -1.95. The molecule has 1 N–H and O–H groups in total. The first kappa shape index (κ1) is 22.8. The summed E-state index contributed by atoms with van der Waals surface area (Å²) < 4.78 is 18.2. The molecule has 2 saturated heterocycles. The lowest BCUT2D eigenvalue weighted by molar-refractivity contribution is -0.359. The summed E-state index contributed by atoms with van der Waals surface area (Å²) in [6.07, 6.45) is 5.99. The molecule has 0 spiro atoms. The largest absolute Gasteiger partial charge is 0.459 e. The molecule has 1 aromatic carbocycles. The molecule has 5 nitrogen and oxygen atoms in total. The third-order valence-electron chi connectivity index (χ3n) is 9.18. The van der Waals surface area contributed by atoms with Gasteiger partial charge in [0.1, 0.15) is 12.7 Å². The topological polar surface area (TPSA) is 65.0 Å². The number of carbonyl (C=O) groups is 1. The Bertz CT molecular complexity index is 970. The van der Waals surface area contributed by atoms with E-state index in [4.69, 9.17) is 14.2 Å². The lowest BCUT2D eigenvalue weighted by atomic mass is 9.46. The number of hydrogen-bond donors (Lipinski definition) is 1. The average molecular weight is 453 g/mol. The van der Waals surface area contributed by atoms with E-state index in [0.717, 1.165) is 31.2 Å². The molecule has 5 rings (SSSR count).